The summed E-state index contributed by atoms with van der Waals surface area (Å²) in [5.41, 5.74) is 4.04. The van der Waals surface area contributed by atoms with Crippen LogP contribution in [0.25, 0.3) is 5.76 Å². The molecule has 0 amide bonds. The van der Waals surface area contributed by atoms with Crippen molar-refractivity contribution in [2.45, 2.75) is 0 Å². The minimum absolute atomic E-state index is 0.0507. The Kier molecular flexibility index (Phi) is 7.76. The standard InChI is InChI=1S/C35H26N2O2S2/c38-30(32-21-23-34(40-32)36(26-13-5-1-6-14-26)27-15-7-2-8-16-27)25-31(39)33-22-24-35(41-33)37(28-17-9-3-10-18-28)29-19-11-4-12-20-29/h1-25,38H/b30-25-. The van der Waals surface area contributed by atoms with E-state index in [4.69, 9.17) is 0 Å². The summed E-state index contributed by atoms with van der Waals surface area (Å²) in [4.78, 5) is 18.7. The van der Waals surface area contributed by atoms with E-state index in [1.165, 1.54) is 28.7 Å². The van der Waals surface area contributed by atoms with E-state index in [1.54, 1.807) is 0 Å². The van der Waals surface area contributed by atoms with E-state index in [-0.39, 0.29) is 11.5 Å². The molecule has 0 atom stereocenters. The number of rotatable bonds is 9. The molecule has 2 heterocycles. The van der Waals surface area contributed by atoms with Crippen LogP contribution in [-0.2, 0) is 0 Å². The van der Waals surface area contributed by atoms with E-state index in [0.717, 1.165) is 32.8 Å². The van der Waals surface area contributed by atoms with Crippen molar-refractivity contribution in [3.05, 3.63) is 161 Å². The average Bonchev–Trinajstić information content (AvgIpc) is 3.71. The van der Waals surface area contributed by atoms with Gasteiger partial charge in [-0.1, -0.05) is 72.8 Å². The topological polar surface area (TPSA) is 43.8 Å². The number of thiophene rings is 2. The van der Waals surface area contributed by atoms with Crippen molar-refractivity contribution in [2.24, 2.45) is 0 Å². The smallest absolute Gasteiger partial charge is 0.199 e. The van der Waals surface area contributed by atoms with E-state index >= 15 is 0 Å². The average molecular weight is 571 g/mol. The Hall–Kier alpha value is -4.91. The van der Waals surface area contributed by atoms with Gasteiger partial charge >= 0.3 is 0 Å². The molecule has 200 valence electrons. The normalized spacial score (nSPS) is 11.3. The van der Waals surface area contributed by atoms with Gasteiger partial charge in [0.25, 0.3) is 0 Å². The highest BCUT2D eigenvalue weighted by atomic mass is 32.1. The molecule has 0 unspecified atom stereocenters. The van der Waals surface area contributed by atoms with Gasteiger partial charge in [0.05, 0.1) is 9.75 Å². The molecule has 1 N–H and O–H groups in total. The first-order valence-corrected chi connectivity index (χ1v) is 14.8. The Morgan fingerprint density at radius 3 is 1.22 bits per heavy atom. The van der Waals surface area contributed by atoms with Gasteiger partial charge in [0.15, 0.2) is 5.78 Å². The number of para-hydroxylation sites is 4. The van der Waals surface area contributed by atoms with Crippen molar-refractivity contribution in [3.8, 4) is 0 Å². The molecular weight excluding hydrogens is 545 g/mol. The maximum absolute atomic E-state index is 13.3. The van der Waals surface area contributed by atoms with Gasteiger partial charge in [0.2, 0.25) is 0 Å². The number of ketones is 1. The Morgan fingerprint density at radius 1 is 0.488 bits per heavy atom. The molecule has 0 radical (unpaired) electrons. The van der Waals surface area contributed by atoms with Crippen LogP contribution in [-0.4, -0.2) is 10.9 Å². The van der Waals surface area contributed by atoms with Gasteiger partial charge in [-0.25, -0.2) is 0 Å². The second-order valence-corrected chi connectivity index (χ2v) is 11.3. The maximum Gasteiger partial charge on any atom is 0.199 e. The van der Waals surface area contributed by atoms with Crippen molar-refractivity contribution >= 4 is 67.0 Å². The number of benzene rings is 4. The molecule has 0 saturated heterocycles. The Morgan fingerprint density at radius 2 is 0.829 bits per heavy atom. The highest BCUT2D eigenvalue weighted by Gasteiger charge is 2.18. The van der Waals surface area contributed by atoms with Crippen molar-refractivity contribution < 1.29 is 9.90 Å². The second kappa shape index (κ2) is 12.1. The SMILES string of the molecule is O=C(/C=C(\O)c1ccc(N(c2ccccc2)c2ccccc2)s1)c1ccc(N(c2ccccc2)c2ccccc2)s1. The molecule has 6 heteroatoms. The van der Waals surface area contributed by atoms with Crippen LogP contribution < -0.4 is 9.80 Å². The number of aliphatic hydroxyl groups is 1. The lowest BCUT2D eigenvalue weighted by atomic mass is 10.2. The fourth-order valence-corrected chi connectivity index (χ4v) is 6.47. The number of carbonyl (C=O) groups excluding carboxylic acids is 1. The summed E-state index contributed by atoms with van der Waals surface area (Å²) in [6, 6.07) is 47.9. The van der Waals surface area contributed by atoms with Crippen molar-refractivity contribution in [3.63, 3.8) is 0 Å². The number of carbonyl (C=O) groups is 1. The molecule has 4 aromatic carbocycles. The predicted molar refractivity (Wildman–Crippen MR) is 173 cm³/mol. The van der Waals surface area contributed by atoms with Gasteiger partial charge in [-0.2, -0.15) is 0 Å². The van der Waals surface area contributed by atoms with E-state index in [9.17, 15) is 9.90 Å². The molecule has 0 aliphatic rings. The van der Waals surface area contributed by atoms with Gasteiger partial charge < -0.3 is 14.9 Å². The number of aliphatic hydroxyl groups excluding tert-OH is 1. The van der Waals surface area contributed by atoms with Crippen LogP contribution in [0.2, 0.25) is 0 Å². The van der Waals surface area contributed by atoms with Crippen LogP contribution in [0.3, 0.4) is 0 Å². The second-order valence-electron chi connectivity index (χ2n) is 9.18. The van der Waals surface area contributed by atoms with E-state index in [2.05, 4.69) is 9.80 Å². The summed E-state index contributed by atoms with van der Waals surface area (Å²) < 4.78 is 0. The van der Waals surface area contributed by atoms with E-state index < -0.39 is 0 Å². The fourth-order valence-electron chi connectivity index (χ4n) is 4.55. The fraction of sp³-hybridized carbons (Fsp3) is 0. The third-order valence-corrected chi connectivity index (χ3v) is 8.62. The zero-order valence-corrected chi connectivity index (χ0v) is 23.6. The van der Waals surface area contributed by atoms with Crippen LogP contribution in [0.4, 0.5) is 32.8 Å². The molecule has 0 aliphatic carbocycles. The van der Waals surface area contributed by atoms with Crippen LogP contribution in [0, 0.1) is 0 Å². The summed E-state index contributed by atoms with van der Waals surface area (Å²) in [5.74, 6) is -0.289. The lowest BCUT2D eigenvalue weighted by Gasteiger charge is -2.23. The number of hydrogen-bond donors (Lipinski definition) is 1. The Bertz CT molecular complexity index is 1680. The van der Waals surface area contributed by atoms with E-state index in [1.807, 2.05) is 146 Å². The number of allylic oxidation sites excluding steroid dienone is 1. The number of hydrogen-bond acceptors (Lipinski definition) is 6. The van der Waals surface area contributed by atoms with Crippen molar-refractivity contribution in [1.29, 1.82) is 0 Å². The van der Waals surface area contributed by atoms with E-state index in [0.29, 0.717) is 9.75 Å². The van der Waals surface area contributed by atoms with Crippen LogP contribution in [0.5, 0.6) is 0 Å². The van der Waals surface area contributed by atoms with Crippen LogP contribution >= 0.6 is 22.7 Å². The van der Waals surface area contributed by atoms with Gasteiger partial charge in [0, 0.05) is 28.8 Å². The molecule has 0 saturated carbocycles. The van der Waals surface area contributed by atoms with Crippen molar-refractivity contribution in [1.82, 2.24) is 0 Å². The summed E-state index contributed by atoms with van der Waals surface area (Å²) >= 11 is 2.83. The van der Waals surface area contributed by atoms with Gasteiger partial charge in [-0.3, -0.25) is 4.79 Å². The lowest BCUT2D eigenvalue weighted by Crippen LogP contribution is -2.07. The minimum atomic E-state index is -0.238. The van der Waals surface area contributed by atoms with Crippen LogP contribution in [0.15, 0.2) is 152 Å². The summed E-state index contributed by atoms with van der Waals surface area (Å²) in [5, 5.41) is 12.8. The molecule has 0 spiro atoms. The molecule has 0 aliphatic heterocycles. The molecule has 6 aromatic rings. The lowest BCUT2D eigenvalue weighted by molar-refractivity contribution is 0.105. The molecule has 0 fully saturated rings. The highest BCUT2D eigenvalue weighted by molar-refractivity contribution is 7.18. The largest absolute Gasteiger partial charge is 0.506 e. The van der Waals surface area contributed by atoms with Crippen LogP contribution in [0.1, 0.15) is 14.5 Å². The predicted octanol–water partition coefficient (Wildman–Crippen LogP) is 10.5. The molecule has 4 nitrogen and oxygen atoms in total. The highest BCUT2D eigenvalue weighted by Crippen LogP contribution is 2.41. The van der Waals surface area contributed by atoms with Gasteiger partial charge in [-0.05, 0) is 72.8 Å². The molecule has 41 heavy (non-hydrogen) atoms. The Labute approximate surface area is 247 Å². The third kappa shape index (κ3) is 5.84. The van der Waals surface area contributed by atoms with Crippen molar-refractivity contribution in [2.75, 3.05) is 9.80 Å². The molecule has 0 bridgehead atoms. The van der Waals surface area contributed by atoms with Gasteiger partial charge in [0.1, 0.15) is 15.8 Å². The third-order valence-electron chi connectivity index (χ3n) is 6.45. The minimum Gasteiger partial charge on any atom is -0.506 e. The quantitative estimate of drug-likeness (QED) is 0.107. The first-order valence-electron chi connectivity index (χ1n) is 13.1. The first kappa shape index (κ1) is 26.3. The Balaban J connectivity index is 1.27. The molecule has 6 rings (SSSR count). The molecular formula is C35H26N2O2S2. The number of nitrogens with zero attached hydrogens (tertiary/aromatic N) is 2. The first-order chi connectivity index (χ1) is 20.2. The molecule has 2 aromatic heterocycles. The maximum atomic E-state index is 13.3. The summed E-state index contributed by atoms with van der Waals surface area (Å²) in [7, 11) is 0. The number of anilines is 6. The zero-order chi connectivity index (χ0) is 28.0. The summed E-state index contributed by atoms with van der Waals surface area (Å²) in [6.45, 7) is 0. The van der Waals surface area contributed by atoms with Gasteiger partial charge in [-0.15, -0.1) is 22.7 Å². The zero-order valence-electron chi connectivity index (χ0n) is 22.0. The summed E-state index contributed by atoms with van der Waals surface area (Å²) in [6.07, 6.45) is 1.32. The monoisotopic (exact) mass is 570 g/mol.